The van der Waals surface area contributed by atoms with Gasteiger partial charge in [-0.15, -0.1) is 0 Å². The average molecular weight is 283 g/mol. The summed E-state index contributed by atoms with van der Waals surface area (Å²) in [5.41, 5.74) is 0.912. The van der Waals surface area contributed by atoms with Crippen molar-refractivity contribution in [2.24, 2.45) is 16.7 Å². The second-order valence-electron chi connectivity index (χ2n) is 7.47. The van der Waals surface area contributed by atoms with Crippen molar-refractivity contribution in [3.8, 4) is 0 Å². The molecule has 2 heteroatoms. The molecule has 1 aliphatic rings. The summed E-state index contributed by atoms with van der Waals surface area (Å²) >= 11 is 0. The van der Waals surface area contributed by atoms with Crippen LogP contribution in [0.2, 0.25) is 0 Å². The highest BCUT2D eigenvalue weighted by Gasteiger charge is 2.51. The van der Waals surface area contributed by atoms with Gasteiger partial charge in [-0.2, -0.15) is 0 Å². The van der Waals surface area contributed by atoms with Gasteiger partial charge >= 0.3 is 0 Å². The third-order valence-corrected chi connectivity index (χ3v) is 6.46. The minimum Gasteiger partial charge on any atom is -0.304 e. The molecule has 1 saturated carbocycles. The summed E-state index contributed by atoms with van der Waals surface area (Å²) < 4.78 is 0. The molecule has 0 amide bonds. The molecule has 0 spiro atoms. The summed E-state index contributed by atoms with van der Waals surface area (Å²) in [7, 11) is 0. The van der Waals surface area contributed by atoms with Gasteiger partial charge in [0, 0.05) is 13.1 Å². The maximum atomic E-state index is 2.61. The van der Waals surface area contributed by atoms with Crippen LogP contribution in [0.5, 0.6) is 0 Å². The molecule has 2 atom stereocenters. The molecule has 0 aromatic carbocycles. The molecule has 0 aromatic rings. The third kappa shape index (κ3) is 3.57. The Labute approximate surface area is 127 Å². The first-order chi connectivity index (χ1) is 9.34. The summed E-state index contributed by atoms with van der Waals surface area (Å²) in [6.07, 6.45) is 2.80. The van der Waals surface area contributed by atoms with Crippen molar-refractivity contribution in [1.29, 1.82) is 0 Å². The van der Waals surface area contributed by atoms with E-state index in [1.165, 1.54) is 52.1 Å². The molecule has 1 rings (SSSR count). The van der Waals surface area contributed by atoms with Crippen molar-refractivity contribution in [2.45, 2.75) is 61.3 Å². The zero-order chi connectivity index (χ0) is 15.4. The van der Waals surface area contributed by atoms with E-state index in [-0.39, 0.29) is 0 Å². The molecular weight excluding hydrogens is 244 g/mol. The second kappa shape index (κ2) is 7.26. The van der Waals surface area contributed by atoms with Crippen LogP contribution >= 0.6 is 0 Å². The Morgan fingerprint density at radius 1 is 0.850 bits per heavy atom. The summed E-state index contributed by atoms with van der Waals surface area (Å²) in [4.78, 5) is 5.22. The van der Waals surface area contributed by atoms with Gasteiger partial charge < -0.3 is 9.80 Å². The van der Waals surface area contributed by atoms with Crippen molar-refractivity contribution in [3.05, 3.63) is 0 Å². The van der Waals surface area contributed by atoms with E-state index in [4.69, 9.17) is 0 Å². The molecule has 0 aliphatic heterocycles. The first-order valence-electron chi connectivity index (χ1n) is 8.79. The number of rotatable bonds is 8. The average Bonchev–Trinajstić information content (AvgIpc) is 2.65. The molecule has 120 valence electrons. The van der Waals surface area contributed by atoms with Crippen molar-refractivity contribution < 1.29 is 0 Å². The highest BCUT2D eigenvalue weighted by atomic mass is 15.1. The zero-order valence-corrected chi connectivity index (χ0v) is 15.1. The number of nitrogens with zero attached hydrogens (tertiary/aromatic N) is 2. The van der Waals surface area contributed by atoms with Gasteiger partial charge in [0.2, 0.25) is 0 Å². The molecule has 2 nitrogen and oxygen atoms in total. The molecule has 0 aromatic heterocycles. The standard InChI is InChI=1S/C18H38N2/c1-8-19(9-2)14-16-12-13-18(7,17(16,5)6)15-20(10-3)11-4/h16H,8-15H2,1-7H3. The quantitative estimate of drug-likeness (QED) is 0.661. The Balaban J connectivity index is 2.77. The fourth-order valence-corrected chi connectivity index (χ4v) is 4.01. The van der Waals surface area contributed by atoms with Crippen LogP contribution in [0.25, 0.3) is 0 Å². The topological polar surface area (TPSA) is 6.48 Å². The van der Waals surface area contributed by atoms with Crippen LogP contribution in [0, 0.1) is 16.7 Å². The highest BCUT2D eigenvalue weighted by molar-refractivity contribution is 5.02. The molecule has 1 aliphatic carbocycles. The van der Waals surface area contributed by atoms with E-state index >= 15 is 0 Å². The van der Waals surface area contributed by atoms with Gasteiger partial charge in [-0.3, -0.25) is 0 Å². The maximum absolute atomic E-state index is 2.61. The molecule has 20 heavy (non-hydrogen) atoms. The Bertz CT molecular complexity index is 279. The van der Waals surface area contributed by atoms with Gasteiger partial charge in [0.15, 0.2) is 0 Å². The lowest BCUT2D eigenvalue weighted by Gasteiger charge is -2.45. The minimum atomic E-state index is 0.443. The normalized spacial score (nSPS) is 29.6. The van der Waals surface area contributed by atoms with Gasteiger partial charge in [0.25, 0.3) is 0 Å². The van der Waals surface area contributed by atoms with E-state index in [1.54, 1.807) is 0 Å². The lowest BCUT2D eigenvalue weighted by Crippen LogP contribution is -2.46. The smallest absolute Gasteiger partial charge is 0.00403 e. The van der Waals surface area contributed by atoms with Gasteiger partial charge in [-0.05, 0) is 55.8 Å². The SMILES string of the molecule is CCN(CC)CC1CCC(C)(CN(CC)CC)C1(C)C. The van der Waals surface area contributed by atoms with Gasteiger partial charge in [-0.1, -0.05) is 48.5 Å². The fourth-order valence-electron chi connectivity index (χ4n) is 4.01. The Kier molecular flexibility index (Phi) is 6.53. The molecule has 1 fully saturated rings. The molecule has 2 unspecified atom stereocenters. The van der Waals surface area contributed by atoms with E-state index < -0.39 is 0 Å². The van der Waals surface area contributed by atoms with E-state index in [9.17, 15) is 0 Å². The molecular formula is C18H38N2. The first kappa shape index (κ1) is 18.0. The van der Waals surface area contributed by atoms with Crippen molar-refractivity contribution in [2.75, 3.05) is 39.3 Å². The number of hydrogen-bond acceptors (Lipinski definition) is 2. The van der Waals surface area contributed by atoms with Crippen molar-refractivity contribution in [3.63, 3.8) is 0 Å². The lowest BCUT2D eigenvalue weighted by molar-refractivity contribution is 0.0356. The Hall–Kier alpha value is -0.0800. The molecule has 0 bridgehead atoms. The monoisotopic (exact) mass is 282 g/mol. The molecule has 0 radical (unpaired) electrons. The summed E-state index contributed by atoms with van der Waals surface area (Å²) in [5, 5.41) is 0. The first-order valence-corrected chi connectivity index (χ1v) is 8.79. The van der Waals surface area contributed by atoms with Gasteiger partial charge in [-0.25, -0.2) is 0 Å². The van der Waals surface area contributed by atoms with E-state index in [1.807, 2.05) is 0 Å². The van der Waals surface area contributed by atoms with E-state index in [0.29, 0.717) is 10.8 Å². The molecule has 0 heterocycles. The van der Waals surface area contributed by atoms with E-state index in [0.717, 1.165) is 5.92 Å². The van der Waals surface area contributed by atoms with Gasteiger partial charge in [0.05, 0.1) is 0 Å². The minimum absolute atomic E-state index is 0.443. The summed E-state index contributed by atoms with van der Waals surface area (Å²) in [5.74, 6) is 0.850. The predicted molar refractivity (Wildman–Crippen MR) is 90.2 cm³/mol. The van der Waals surface area contributed by atoms with Crippen LogP contribution in [-0.2, 0) is 0 Å². The maximum Gasteiger partial charge on any atom is 0.00403 e. The fraction of sp³-hybridized carbons (Fsp3) is 1.00. The van der Waals surface area contributed by atoms with Crippen molar-refractivity contribution in [1.82, 2.24) is 9.80 Å². The summed E-state index contributed by atoms with van der Waals surface area (Å²) in [6.45, 7) is 24.1. The Morgan fingerprint density at radius 2 is 1.35 bits per heavy atom. The van der Waals surface area contributed by atoms with Crippen LogP contribution in [-0.4, -0.2) is 49.1 Å². The van der Waals surface area contributed by atoms with Crippen LogP contribution in [0.3, 0.4) is 0 Å². The van der Waals surface area contributed by atoms with Gasteiger partial charge in [0.1, 0.15) is 0 Å². The van der Waals surface area contributed by atoms with Crippen LogP contribution in [0.1, 0.15) is 61.3 Å². The highest BCUT2D eigenvalue weighted by Crippen LogP contribution is 2.56. The number of hydrogen-bond donors (Lipinski definition) is 0. The van der Waals surface area contributed by atoms with Crippen molar-refractivity contribution >= 4 is 0 Å². The predicted octanol–water partition coefficient (Wildman–Crippen LogP) is 4.11. The lowest BCUT2D eigenvalue weighted by atomic mass is 9.65. The summed E-state index contributed by atoms with van der Waals surface area (Å²) in [6, 6.07) is 0. The molecule has 0 saturated heterocycles. The molecule has 0 N–H and O–H groups in total. The van der Waals surface area contributed by atoms with Crippen LogP contribution in [0.4, 0.5) is 0 Å². The van der Waals surface area contributed by atoms with Crippen LogP contribution < -0.4 is 0 Å². The third-order valence-electron chi connectivity index (χ3n) is 6.46. The van der Waals surface area contributed by atoms with E-state index in [2.05, 4.69) is 58.3 Å². The largest absolute Gasteiger partial charge is 0.304 e. The Morgan fingerprint density at radius 3 is 1.80 bits per heavy atom. The van der Waals surface area contributed by atoms with Crippen LogP contribution in [0.15, 0.2) is 0 Å². The second-order valence-corrected chi connectivity index (χ2v) is 7.47. The zero-order valence-electron chi connectivity index (χ0n) is 15.1.